The highest BCUT2D eigenvalue weighted by Gasteiger charge is 2.16. The maximum atomic E-state index is 12.3. The fraction of sp³-hybridized carbons (Fsp3) is 0.300. The van der Waals surface area contributed by atoms with Crippen LogP contribution >= 0.6 is 11.8 Å². The number of amides is 1. The molecule has 132 valence electrons. The third-order valence-electron chi connectivity index (χ3n) is 3.74. The molecule has 5 heteroatoms. The first kappa shape index (κ1) is 19.1. The van der Waals surface area contributed by atoms with E-state index < -0.39 is 6.10 Å². The van der Waals surface area contributed by atoms with E-state index in [4.69, 9.17) is 4.74 Å². The van der Waals surface area contributed by atoms with Crippen LogP contribution in [0.15, 0.2) is 53.4 Å². The zero-order valence-corrected chi connectivity index (χ0v) is 15.6. The molecular weight excluding hydrogens is 334 g/mol. The number of Topliss-reactive ketones (excluding diaryl/α,β-unsaturated/α-hetero) is 1. The first-order chi connectivity index (χ1) is 12.0. The van der Waals surface area contributed by atoms with Crippen LogP contribution < -0.4 is 10.1 Å². The quantitative estimate of drug-likeness (QED) is 0.714. The van der Waals surface area contributed by atoms with Gasteiger partial charge in [-0.15, -0.1) is 11.8 Å². The SMILES string of the molecule is CSc1ccccc1NC(=O)C(C)Oc1ccc(CCC(C)=O)cc1. The second kappa shape index (κ2) is 9.28. The number of carbonyl (C=O) groups excluding carboxylic acids is 2. The number of ketones is 1. The molecule has 1 N–H and O–H groups in total. The van der Waals surface area contributed by atoms with Crippen molar-refractivity contribution in [3.63, 3.8) is 0 Å². The normalized spacial score (nSPS) is 11.6. The van der Waals surface area contributed by atoms with Crippen molar-refractivity contribution in [3.8, 4) is 5.75 Å². The Bertz CT molecular complexity index is 728. The second-order valence-electron chi connectivity index (χ2n) is 5.80. The third-order valence-corrected chi connectivity index (χ3v) is 4.53. The third kappa shape index (κ3) is 5.94. The maximum Gasteiger partial charge on any atom is 0.265 e. The van der Waals surface area contributed by atoms with Gasteiger partial charge in [-0.3, -0.25) is 4.79 Å². The van der Waals surface area contributed by atoms with Crippen molar-refractivity contribution >= 4 is 29.1 Å². The number of hydrogen-bond donors (Lipinski definition) is 1. The lowest BCUT2D eigenvalue weighted by Gasteiger charge is -2.16. The van der Waals surface area contributed by atoms with E-state index in [1.165, 1.54) is 0 Å². The number of carbonyl (C=O) groups is 2. The van der Waals surface area contributed by atoms with Crippen molar-refractivity contribution in [2.24, 2.45) is 0 Å². The molecule has 0 aliphatic heterocycles. The molecule has 2 rings (SSSR count). The van der Waals surface area contributed by atoms with Gasteiger partial charge in [0.1, 0.15) is 11.5 Å². The Hall–Kier alpha value is -2.27. The fourth-order valence-corrected chi connectivity index (χ4v) is 2.85. The predicted molar refractivity (Wildman–Crippen MR) is 102 cm³/mol. The number of para-hydroxylation sites is 1. The van der Waals surface area contributed by atoms with Crippen molar-refractivity contribution in [1.82, 2.24) is 0 Å². The molecule has 1 unspecified atom stereocenters. The van der Waals surface area contributed by atoms with Crippen LogP contribution in [0.4, 0.5) is 5.69 Å². The van der Waals surface area contributed by atoms with Gasteiger partial charge >= 0.3 is 0 Å². The molecule has 0 heterocycles. The van der Waals surface area contributed by atoms with E-state index in [2.05, 4.69) is 5.32 Å². The summed E-state index contributed by atoms with van der Waals surface area (Å²) < 4.78 is 5.72. The largest absolute Gasteiger partial charge is 0.481 e. The van der Waals surface area contributed by atoms with Gasteiger partial charge in [0.15, 0.2) is 6.10 Å². The van der Waals surface area contributed by atoms with Crippen LogP contribution in [0.1, 0.15) is 25.8 Å². The van der Waals surface area contributed by atoms with Crippen molar-refractivity contribution in [2.75, 3.05) is 11.6 Å². The molecule has 1 amide bonds. The number of hydrogen-bond acceptors (Lipinski definition) is 4. The molecule has 0 fully saturated rings. The topological polar surface area (TPSA) is 55.4 Å². The Labute approximate surface area is 153 Å². The molecule has 4 nitrogen and oxygen atoms in total. The van der Waals surface area contributed by atoms with E-state index >= 15 is 0 Å². The standard InChI is InChI=1S/C20H23NO3S/c1-14(22)8-9-16-10-12-17(13-11-16)24-15(2)20(23)21-18-6-4-5-7-19(18)25-3/h4-7,10-13,15H,8-9H2,1-3H3,(H,21,23). The molecule has 2 aromatic rings. The molecule has 2 aromatic carbocycles. The maximum absolute atomic E-state index is 12.3. The van der Waals surface area contributed by atoms with Crippen molar-refractivity contribution < 1.29 is 14.3 Å². The highest BCUT2D eigenvalue weighted by atomic mass is 32.2. The summed E-state index contributed by atoms with van der Waals surface area (Å²) in [5.74, 6) is 0.616. The van der Waals surface area contributed by atoms with Crippen molar-refractivity contribution in [2.45, 2.75) is 37.7 Å². The highest BCUT2D eigenvalue weighted by molar-refractivity contribution is 7.98. The van der Waals surface area contributed by atoms with Crippen LogP contribution in [-0.2, 0) is 16.0 Å². The summed E-state index contributed by atoms with van der Waals surface area (Å²) in [5, 5.41) is 2.90. The Morgan fingerprint density at radius 2 is 1.80 bits per heavy atom. The molecule has 1 atom stereocenters. The minimum atomic E-state index is -0.613. The lowest BCUT2D eigenvalue weighted by atomic mass is 10.1. The number of benzene rings is 2. The fourth-order valence-electron chi connectivity index (χ4n) is 2.29. The smallest absolute Gasteiger partial charge is 0.265 e. The average Bonchev–Trinajstić information content (AvgIpc) is 2.61. The Balaban J connectivity index is 1.93. The van der Waals surface area contributed by atoms with Gasteiger partial charge in [0.05, 0.1) is 5.69 Å². The summed E-state index contributed by atoms with van der Waals surface area (Å²) in [6.07, 6.45) is 2.61. The molecule has 0 aliphatic carbocycles. The molecule has 25 heavy (non-hydrogen) atoms. The van der Waals surface area contributed by atoms with Gasteiger partial charge in [-0.25, -0.2) is 0 Å². The molecule has 0 saturated heterocycles. The number of nitrogens with one attached hydrogen (secondary N) is 1. The van der Waals surface area contributed by atoms with Gasteiger partial charge in [-0.1, -0.05) is 24.3 Å². The van der Waals surface area contributed by atoms with Crippen molar-refractivity contribution in [3.05, 3.63) is 54.1 Å². The minimum absolute atomic E-state index is 0.177. The van der Waals surface area contributed by atoms with Crippen LogP contribution in [-0.4, -0.2) is 24.1 Å². The number of anilines is 1. The van der Waals surface area contributed by atoms with E-state index in [9.17, 15) is 9.59 Å². The van der Waals surface area contributed by atoms with Crippen LogP contribution in [0.3, 0.4) is 0 Å². The van der Waals surface area contributed by atoms with E-state index in [0.29, 0.717) is 12.2 Å². The van der Waals surface area contributed by atoms with Crippen molar-refractivity contribution in [1.29, 1.82) is 0 Å². The van der Waals surface area contributed by atoms with E-state index in [0.717, 1.165) is 22.6 Å². The number of aryl methyl sites for hydroxylation is 1. The minimum Gasteiger partial charge on any atom is -0.481 e. The van der Waals surface area contributed by atoms with Crippen LogP contribution in [0, 0.1) is 0 Å². The lowest BCUT2D eigenvalue weighted by molar-refractivity contribution is -0.122. The summed E-state index contributed by atoms with van der Waals surface area (Å²) in [6, 6.07) is 15.2. The summed E-state index contributed by atoms with van der Waals surface area (Å²) in [4.78, 5) is 24.4. The second-order valence-corrected chi connectivity index (χ2v) is 6.64. The van der Waals surface area contributed by atoms with Gasteiger partial charge in [-0.05, 0) is 56.4 Å². The number of ether oxygens (including phenoxy) is 1. The first-order valence-corrected chi connectivity index (χ1v) is 9.41. The van der Waals surface area contributed by atoms with Crippen LogP contribution in [0.2, 0.25) is 0 Å². The summed E-state index contributed by atoms with van der Waals surface area (Å²) in [6.45, 7) is 3.31. The lowest BCUT2D eigenvalue weighted by Crippen LogP contribution is -2.30. The number of thioether (sulfide) groups is 1. The first-order valence-electron chi connectivity index (χ1n) is 8.18. The molecule has 0 bridgehead atoms. The van der Waals surface area contributed by atoms with E-state index in [1.807, 2.05) is 54.8 Å². The number of rotatable bonds is 8. The highest BCUT2D eigenvalue weighted by Crippen LogP contribution is 2.25. The van der Waals surface area contributed by atoms with Gasteiger partial charge in [0.25, 0.3) is 5.91 Å². The summed E-state index contributed by atoms with van der Waals surface area (Å²) in [5.41, 5.74) is 1.86. The summed E-state index contributed by atoms with van der Waals surface area (Å²) in [7, 11) is 0. The molecule has 0 aliphatic rings. The van der Waals surface area contributed by atoms with Gasteiger partial charge in [0, 0.05) is 11.3 Å². The van der Waals surface area contributed by atoms with Gasteiger partial charge in [-0.2, -0.15) is 0 Å². The van der Waals surface area contributed by atoms with Gasteiger partial charge < -0.3 is 14.8 Å². The molecule has 0 saturated carbocycles. The van der Waals surface area contributed by atoms with Gasteiger partial charge in [0.2, 0.25) is 0 Å². The zero-order chi connectivity index (χ0) is 18.2. The van der Waals surface area contributed by atoms with Crippen LogP contribution in [0.5, 0.6) is 5.75 Å². The average molecular weight is 357 g/mol. The predicted octanol–water partition coefficient (Wildman–Crippen LogP) is 4.34. The van der Waals surface area contributed by atoms with E-state index in [-0.39, 0.29) is 11.7 Å². The Morgan fingerprint density at radius 3 is 2.44 bits per heavy atom. The molecule has 0 radical (unpaired) electrons. The Kier molecular flexibility index (Phi) is 7.07. The molecule has 0 spiro atoms. The monoisotopic (exact) mass is 357 g/mol. The molecule has 0 aromatic heterocycles. The zero-order valence-electron chi connectivity index (χ0n) is 14.7. The summed E-state index contributed by atoms with van der Waals surface area (Å²) >= 11 is 1.58. The Morgan fingerprint density at radius 1 is 1.12 bits per heavy atom. The van der Waals surface area contributed by atoms with E-state index in [1.54, 1.807) is 25.6 Å². The van der Waals surface area contributed by atoms with Crippen LogP contribution in [0.25, 0.3) is 0 Å². The molecular formula is C20H23NO3S.